The molecule has 1 N–H and O–H groups in total. The van der Waals surface area contributed by atoms with Crippen molar-refractivity contribution in [2.45, 2.75) is 63.0 Å². The second-order valence-electron chi connectivity index (χ2n) is 10.6. The Labute approximate surface area is 218 Å². The van der Waals surface area contributed by atoms with Crippen LogP contribution in [0.15, 0.2) is 41.3 Å². The van der Waals surface area contributed by atoms with E-state index in [-0.39, 0.29) is 35.9 Å². The minimum atomic E-state index is -3.66. The maximum atomic E-state index is 13.2. The lowest BCUT2D eigenvalue weighted by molar-refractivity contribution is -0.137. The number of alkyl carbamates (subject to hydrolysis) is 1. The van der Waals surface area contributed by atoms with Gasteiger partial charge >= 0.3 is 6.09 Å². The van der Waals surface area contributed by atoms with Gasteiger partial charge in [-0.3, -0.25) is 4.79 Å². The predicted molar refractivity (Wildman–Crippen MR) is 139 cm³/mol. The average molecular weight is 536 g/mol. The van der Waals surface area contributed by atoms with Crippen molar-refractivity contribution in [1.29, 1.82) is 0 Å². The third-order valence-electron chi connectivity index (χ3n) is 6.76. The van der Waals surface area contributed by atoms with Crippen molar-refractivity contribution < 1.29 is 22.7 Å². The van der Waals surface area contributed by atoms with Gasteiger partial charge in [-0.25, -0.2) is 13.2 Å². The molecule has 1 heterocycles. The van der Waals surface area contributed by atoms with Gasteiger partial charge in [0.05, 0.1) is 4.90 Å². The van der Waals surface area contributed by atoms with Crippen molar-refractivity contribution in [3.05, 3.63) is 41.4 Å². The van der Waals surface area contributed by atoms with Crippen LogP contribution in [0.5, 0.6) is 0 Å². The van der Waals surface area contributed by atoms with E-state index in [0.29, 0.717) is 31.0 Å². The third kappa shape index (κ3) is 6.30. The highest BCUT2D eigenvalue weighted by atomic mass is 35.5. The van der Waals surface area contributed by atoms with E-state index in [1.807, 2.05) is 26.8 Å². The van der Waals surface area contributed by atoms with Gasteiger partial charge in [0, 0.05) is 43.2 Å². The van der Waals surface area contributed by atoms with Crippen molar-refractivity contribution in [2.75, 3.05) is 26.2 Å². The molecule has 0 unspecified atom stereocenters. The topological polar surface area (TPSA) is 96.0 Å². The fraction of sp³-hybridized carbons (Fsp3) is 0.538. The number of halogens is 1. The summed E-state index contributed by atoms with van der Waals surface area (Å²) in [5.74, 6) is -0.0255. The molecule has 196 valence electrons. The van der Waals surface area contributed by atoms with Gasteiger partial charge in [0.1, 0.15) is 5.60 Å². The zero-order valence-electron chi connectivity index (χ0n) is 21.0. The van der Waals surface area contributed by atoms with Gasteiger partial charge in [0.25, 0.3) is 0 Å². The molecule has 1 aliphatic carbocycles. The minimum absolute atomic E-state index is 0.00358. The van der Waals surface area contributed by atoms with Gasteiger partial charge in [-0.05, 0) is 81.5 Å². The number of nitrogens with zero attached hydrogens (tertiary/aromatic N) is 2. The van der Waals surface area contributed by atoms with Gasteiger partial charge < -0.3 is 15.0 Å². The summed E-state index contributed by atoms with van der Waals surface area (Å²) in [6.45, 7) is 6.75. The van der Waals surface area contributed by atoms with E-state index in [1.165, 1.54) is 4.31 Å². The molecule has 10 heteroatoms. The number of rotatable bonds is 4. The summed E-state index contributed by atoms with van der Waals surface area (Å²) in [5, 5.41) is 5.20. The van der Waals surface area contributed by atoms with Crippen LogP contribution in [-0.2, 0) is 19.6 Å². The first-order valence-corrected chi connectivity index (χ1v) is 14.2. The van der Waals surface area contributed by atoms with Gasteiger partial charge in [0.2, 0.25) is 15.9 Å². The summed E-state index contributed by atoms with van der Waals surface area (Å²) < 4.78 is 33.3. The molecule has 1 aliphatic heterocycles. The fourth-order valence-electron chi connectivity index (χ4n) is 4.87. The molecule has 36 heavy (non-hydrogen) atoms. The first-order valence-electron chi connectivity index (χ1n) is 12.4. The first kappa shape index (κ1) is 26.7. The zero-order valence-corrected chi connectivity index (χ0v) is 22.6. The summed E-state index contributed by atoms with van der Waals surface area (Å²) in [4.78, 5) is 27.1. The standard InChI is InChI=1S/C26H34ClN3O5S/c1-26(2,3)35-25(32)28-22-9-5-18(6-10-22)24(31)29-12-14-30(15-13-29)36(33,34)23-11-7-19-16-21(27)8-4-20(19)17-23/h4,7-8,11,16-18,22H,5-6,9-10,12-15H2,1-3H3,(H,28,32). The second kappa shape index (κ2) is 10.6. The number of nitrogens with one attached hydrogen (secondary N) is 1. The van der Waals surface area contributed by atoms with Crippen LogP contribution in [0.25, 0.3) is 10.8 Å². The fourth-order valence-corrected chi connectivity index (χ4v) is 6.51. The smallest absolute Gasteiger partial charge is 0.407 e. The molecule has 1 saturated heterocycles. The molecule has 8 nitrogen and oxygen atoms in total. The molecule has 0 aromatic heterocycles. The number of ether oxygens (including phenoxy) is 1. The van der Waals surface area contributed by atoms with Crippen molar-refractivity contribution in [2.24, 2.45) is 5.92 Å². The van der Waals surface area contributed by atoms with E-state index in [0.717, 1.165) is 23.6 Å². The summed E-state index contributed by atoms with van der Waals surface area (Å²) in [6.07, 6.45) is 2.40. The molecule has 1 saturated carbocycles. The molecule has 2 fully saturated rings. The third-order valence-corrected chi connectivity index (χ3v) is 8.89. The minimum Gasteiger partial charge on any atom is -0.444 e. The Morgan fingerprint density at radius 3 is 2.19 bits per heavy atom. The Kier molecular flexibility index (Phi) is 7.83. The number of carbonyl (C=O) groups is 2. The quantitative estimate of drug-likeness (QED) is 0.625. The van der Waals surface area contributed by atoms with E-state index in [4.69, 9.17) is 16.3 Å². The van der Waals surface area contributed by atoms with Crippen LogP contribution in [0.4, 0.5) is 4.79 Å². The number of amides is 2. The van der Waals surface area contributed by atoms with E-state index < -0.39 is 21.7 Å². The number of carbonyl (C=O) groups excluding carboxylic acids is 2. The normalized spacial score (nSPS) is 21.8. The maximum Gasteiger partial charge on any atom is 0.407 e. The Morgan fingerprint density at radius 1 is 0.944 bits per heavy atom. The first-order chi connectivity index (χ1) is 16.9. The molecule has 0 spiro atoms. The van der Waals surface area contributed by atoms with Gasteiger partial charge in [0.15, 0.2) is 0 Å². The molecule has 2 amide bonds. The zero-order chi connectivity index (χ0) is 26.1. The van der Waals surface area contributed by atoms with Crippen LogP contribution >= 0.6 is 11.6 Å². The lowest BCUT2D eigenvalue weighted by Gasteiger charge is -2.37. The molecule has 2 aromatic carbocycles. The Morgan fingerprint density at radius 2 is 1.56 bits per heavy atom. The highest BCUT2D eigenvalue weighted by Crippen LogP contribution is 2.28. The molecule has 0 bridgehead atoms. The highest BCUT2D eigenvalue weighted by Gasteiger charge is 2.34. The molecule has 0 radical (unpaired) electrons. The predicted octanol–water partition coefficient (Wildman–Crippen LogP) is 4.41. The van der Waals surface area contributed by atoms with Crippen molar-refractivity contribution >= 4 is 44.4 Å². The number of hydrogen-bond donors (Lipinski definition) is 1. The van der Waals surface area contributed by atoms with Crippen LogP contribution in [0.1, 0.15) is 46.5 Å². The van der Waals surface area contributed by atoms with Gasteiger partial charge in [-0.2, -0.15) is 4.31 Å². The molecular formula is C26H34ClN3O5S. The van der Waals surface area contributed by atoms with E-state index in [2.05, 4.69) is 5.32 Å². The van der Waals surface area contributed by atoms with Crippen molar-refractivity contribution in [3.63, 3.8) is 0 Å². The highest BCUT2D eigenvalue weighted by molar-refractivity contribution is 7.89. The van der Waals surface area contributed by atoms with Crippen LogP contribution < -0.4 is 5.32 Å². The summed E-state index contributed by atoms with van der Waals surface area (Å²) in [7, 11) is -3.66. The summed E-state index contributed by atoms with van der Waals surface area (Å²) >= 11 is 6.03. The molecule has 2 aromatic rings. The molecular weight excluding hydrogens is 502 g/mol. The SMILES string of the molecule is CC(C)(C)OC(=O)NC1CCC(C(=O)N2CCN(S(=O)(=O)c3ccc4cc(Cl)ccc4c3)CC2)CC1. The largest absolute Gasteiger partial charge is 0.444 e. The van der Waals surface area contributed by atoms with Crippen LogP contribution in [-0.4, -0.2) is 67.4 Å². The van der Waals surface area contributed by atoms with Crippen LogP contribution in [0, 0.1) is 5.92 Å². The Balaban J connectivity index is 1.29. The van der Waals surface area contributed by atoms with E-state index >= 15 is 0 Å². The summed E-state index contributed by atoms with van der Waals surface area (Å²) in [5.41, 5.74) is -0.546. The molecule has 2 aliphatic rings. The lowest BCUT2D eigenvalue weighted by Crippen LogP contribution is -2.52. The Hall–Kier alpha value is -2.36. The van der Waals surface area contributed by atoms with Gasteiger partial charge in [-0.15, -0.1) is 0 Å². The number of hydrogen-bond acceptors (Lipinski definition) is 5. The monoisotopic (exact) mass is 535 g/mol. The van der Waals surface area contributed by atoms with Crippen LogP contribution in [0.3, 0.4) is 0 Å². The van der Waals surface area contributed by atoms with Crippen LogP contribution in [0.2, 0.25) is 5.02 Å². The number of fused-ring (bicyclic) bond motifs is 1. The van der Waals surface area contributed by atoms with Gasteiger partial charge in [-0.1, -0.05) is 23.7 Å². The maximum absolute atomic E-state index is 13.2. The number of piperazine rings is 1. The summed E-state index contributed by atoms with van der Waals surface area (Å²) in [6, 6.07) is 10.4. The van der Waals surface area contributed by atoms with Crippen molar-refractivity contribution in [1.82, 2.24) is 14.5 Å². The lowest BCUT2D eigenvalue weighted by atomic mass is 9.85. The average Bonchev–Trinajstić information content (AvgIpc) is 2.82. The number of sulfonamides is 1. The van der Waals surface area contributed by atoms with E-state index in [9.17, 15) is 18.0 Å². The number of benzene rings is 2. The molecule has 4 rings (SSSR count). The molecule has 0 atom stereocenters. The Bertz CT molecular complexity index is 1230. The van der Waals surface area contributed by atoms with Crippen molar-refractivity contribution in [3.8, 4) is 0 Å². The van der Waals surface area contributed by atoms with E-state index in [1.54, 1.807) is 35.2 Å². The second-order valence-corrected chi connectivity index (χ2v) is 13.0.